The van der Waals surface area contributed by atoms with Gasteiger partial charge in [-0.15, -0.1) is 0 Å². The number of hydrogen-bond donors (Lipinski definition) is 0. The van der Waals surface area contributed by atoms with Gasteiger partial charge in [-0.3, -0.25) is 0 Å². The zero-order valence-electron chi connectivity index (χ0n) is 12.6. The van der Waals surface area contributed by atoms with Crippen LogP contribution in [0.2, 0.25) is 0 Å². The zero-order valence-corrected chi connectivity index (χ0v) is 12.6. The minimum Gasteiger partial charge on any atom is -0.461 e. The number of esters is 2. The molecule has 0 aliphatic carbocycles. The van der Waals surface area contributed by atoms with E-state index >= 15 is 0 Å². The second-order valence-corrected chi connectivity index (χ2v) is 4.96. The Morgan fingerprint density at radius 1 is 0.640 bits per heavy atom. The van der Waals surface area contributed by atoms with Crippen molar-refractivity contribution in [2.75, 3.05) is 0 Å². The van der Waals surface area contributed by atoms with Crippen LogP contribution < -0.4 is 0 Å². The van der Waals surface area contributed by atoms with Gasteiger partial charge >= 0.3 is 11.9 Å². The molecule has 4 heterocycles. The van der Waals surface area contributed by atoms with Crippen LogP contribution in [0.4, 0.5) is 0 Å². The lowest BCUT2D eigenvalue weighted by atomic mass is 10.3. The first kappa shape index (κ1) is 14.8. The average Bonchev–Trinajstić information content (AvgIpc) is 3.43. The first-order chi connectivity index (χ1) is 12.2. The van der Waals surface area contributed by atoms with Gasteiger partial charge in [0.25, 0.3) is 0 Å². The summed E-state index contributed by atoms with van der Waals surface area (Å²) >= 11 is 0. The van der Waals surface area contributed by atoms with E-state index in [9.17, 15) is 9.59 Å². The Bertz CT molecular complexity index is 917. The molecule has 4 rings (SSSR count). The molecule has 0 spiro atoms. The molecule has 0 fully saturated rings. The fourth-order valence-corrected chi connectivity index (χ4v) is 2.18. The van der Waals surface area contributed by atoms with Gasteiger partial charge in [0.1, 0.15) is 0 Å². The third-order valence-electron chi connectivity index (χ3n) is 3.33. The van der Waals surface area contributed by atoms with Crippen LogP contribution in [-0.4, -0.2) is 11.9 Å². The summed E-state index contributed by atoms with van der Waals surface area (Å²) in [5.41, 5.74) is 0. The van der Waals surface area contributed by atoms with E-state index in [1.807, 2.05) is 0 Å². The van der Waals surface area contributed by atoms with Crippen LogP contribution in [0.25, 0.3) is 23.0 Å². The Balaban J connectivity index is 1.46. The summed E-state index contributed by atoms with van der Waals surface area (Å²) in [5.74, 6) is -0.503. The van der Waals surface area contributed by atoms with Gasteiger partial charge in [0.05, 0.1) is 12.5 Å². The van der Waals surface area contributed by atoms with Crippen LogP contribution in [0.1, 0.15) is 21.1 Å². The third kappa shape index (κ3) is 2.90. The topological polar surface area (TPSA) is 95.9 Å². The number of carbonyl (C=O) groups excluding carboxylic acids is 2. The summed E-state index contributed by atoms with van der Waals surface area (Å²) in [5, 5.41) is 0. The monoisotopic (exact) mass is 338 g/mol. The number of hydrogen-bond acceptors (Lipinski definition) is 7. The number of ether oxygens (including phenoxy) is 1. The van der Waals surface area contributed by atoms with Crippen molar-refractivity contribution in [2.24, 2.45) is 0 Å². The summed E-state index contributed by atoms with van der Waals surface area (Å²) in [7, 11) is 0. The first-order valence-electron chi connectivity index (χ1n) is 7.24. The van der Waals surface area contributed by atoms with Crippen LogP contribution in [0.5, 0.6) is 0 Å². The minimum atomic E-state index is -0.932. The smallest absolute Gasteiger partial charge is 0.382 e. The molecule has 0 aliphatic heterocycles. The highest BCUT2D eigenvalue weighted by Gasteiger charge is 2.22. The first-order valence-corrected chi connectivity index (χ1v) is 7.24. The van der Waals surface area contributed by atoms with Gasteiger partial charge in [0.2, 0.25) is 11.5 Å². The molecule has 0 radical (unpaired) electrons. The van der Waals surface area contributed by atoms with Gasteiger partial charge in [-0.2, -0.15) is 0 Å². The molecule has 0 aromatic carbocycles. The quantitative estimate of drug-likeness (QED) is 0.402. The van der Waals surface area contributed by atoms with Gasteiger partial charge in [0.15, 0.2) is 23.0 Å². The molecule has 4 aromatic heterocycles. The van der Waals surface area contributed by atoms with E-state index < -0.39 is 11.9 Å². The molecule has 25 heavy (non-hydrogen) atoms. The second kappa shape index (κ2) is 6.04. The van der Waals surface area contributed by atoms with Gasteiger partial charge in [0, 0.05) is 0 Å². The molecular formula is C18H10O7. The summed E-state index contributed by atoms with van der Waals surface area (Å²) < 4.78 is 25.7. The van der Waals surface area contributed by atoms with Crippen molar-refractivity contribution in [1.82, 2.24) is 0 Å². The lowest BCUT2D eigenvalue weighted by molar-refractivity contribution is 0.0355. The van der Waals surface area contributed by atoms with E-state index in [-0.39, 0.29) is 11.5 Å². The van der Waals surface area contributed by atoms with Gasteiger partial charge in [-0.25, -0.2) is 9.59 Å². The highest BCUT2D eigenvalue weighted by atomic mass is 16.6. The van der Waals surface area contributed by atoms with Crippen molar-refractivity contribution in [2.45, 2.75) is 0 Å². The number of rotatable bonds is 4. The van der Waals surface area contributed by atoms with Crippen molar-refractivity contribution in [1.29, 1.82) is 0 Å². The highest BCUT2D eigenvalue weighted by Crippen LogP contribution is 2.24. The van der Waals surface area contributed by atoms with Crippen LogP contribution in [0.15, 0.2) is 78.7 Å². The normalized spacial score (nSPS) is 10.7. The number of furan rings is 4. The van der Waals surface area contributed by atoms with E-state index in [2.05, 4.69) is 0 Å². The Labute approximate surface area is 140 Å². The maximum Gasteiger partial charge on any atom is 0.382 e. The Morgan fingerprint density at radius 2 is 1.12 bits per heavy atom. The van der Waals surface area contributed by atoms with E-state index in [1.54, 1.807) is 36.4 Å². The van der Waals surface area contributed by atoms with Crippen LogP contribution in [0.3, 0.4) is 0 Å². The number of carbonyl (C=O) groups is 2. The Kier molecular flexibility index (Phi) is 3.59. The second-order valence-electron chi connectivity index (χ2n) is 4.96. The zero-order chi connectivity index (χ0) is 17.2. The molecule has 0 aliphatic rings. The molecule has 0 saturated heterocycles. The molecule has 0 N–H and O–H groups in total. The predicted molar refractivity (Wildman–Crippen MR) is 82.6 cm³/mol. The molecule has 0 amide bonds. The van der Waals surface area contributed by atoms with E-state index in [4.69, 9.17) is 22.4 Å². The summed E-state index contributed by atoms with van der Waals surface area (Å²) in [4.78, 5) is 24.0. The predicted octanol–water partition coefficient (Wildman–Crippen LogP) is 4.39. The van der Waals surface area contributed by atoms with Gasteiger partial charge in [-0.05, 0) is 48.5 Å². The van der Waals surface area contributed by atoms with Crippen molar-refractivity contribution >= 4 is 11.9 Å². The van der Waals surface area contributed by atoms with E-state index in [0.29, 0.717) is 23.0 Å². The molecule has 0 bridgehead atoms. The lowest BCUT2D eigenvalue weighted by Gasteiger charge is -1.98. The summed E-state index contributed by atoms with van der Waals surface area (Å²) in [6.07, 6.45) is 2.96. The van der Waals surface area contributed by atoms with Gasteiger partial charge in [-0.1, -0.05) is 0 Å². The summed E-state index contributed by atoms with van der Waals surface area (Å²) in [6.45, 7) is 0. The van der Waals surface area contributed by atoms with E-state index in [0.717, 1.165) is 0 Å². The fraction of sp³-hybridized carbons (Fsp3) is 0. The largest absolute Gasteiger partial charge is 0.461 e. The molecular weight excluding hydrogens is 328 g/mol. The van der Waals surface area contributed by atoms with Crippen molar-refractivity contribution in [3.05, 3.63) is 72.6 Å². The molecule has 124 valence electrons. The molecule has 0 unspecified atom stereocenters. The van der Waals surface area contributed by atoms with Crippen molar-refractivity contribution in [3.63, 3.8) is 0 Å². The molecule has 0 atom stereocenters. The van der Waals surface area contributed by atoms with Gasteiger partial charge < -0.3 is 22.4 Å². The average molecular weight is 338 g/mol. The molecule has 0 saturated carbocycles. The highest BCUT2D eigenvalue weighted by molar-refractivity contribution is 6.00. The maximum absolute atomic E-state index is 12.0. The van der Waals surface area contributed by atoms with Crippen LogP contribution >= 0.6 is 0 Å². The van der Waals surface area contributed by atoms with E-state index in [1.165, 1.54) is 24.7 Å². The molecule has 4 aromatic rings. The third-order valence-corrected chi connectivity index (χ3v) is 3.33. The van der Waals surface area contributed by atoms with Crippen LogP contribution in [-0.2, 0) is 4.74 Å². The standard InChI is InChI=1S/C18H10O7/c19-17(15-7-5-13(23-15)11-3-1-9-21-11)25-18(20)16-8-6-14(24-16)12-4-2-10-22-12/h1-10H. The van der Waals surface area contributed by atoms with Crippen LogP contribution in [0, 0.1) is 0 Å². The lowest BCUT2D eigenvalue weighted by Crippen LogP contribution is -2.11. The molecule has 7 heteroatoms. The fourth-order valence-electron chi connectivity index (χ4n) is 2.18. The summed E-state index contributed by atoms with van der Waals surface area (Å²) in [6, 6.07) is 12.6. The van der Waals surface area contributed by atoms with Crippen molar-refractivity contribution < 1.29 is 32.0 Å². The Hall–Kier alpha value is -3.74. The van der Waals surface area contributed by atoms with Crippen molar-refractivity contribution in [3.8, 4) is 23.0 Å². The Morgan fingerprint density at radius 3 is 1.52 bits per heavy atom. The molecule has 7 nitrogen and oxygen atoms in total. The minimum absolute atomic E-state index is 0.127. The maximum atomic E-state index is 12.0. The SMILES string of the molecule is O=C(OC(=O)c1ccc(-c2ccco2)o1)c1ccc(-c2ccco2)o1.